The Balaban J connectivity index is 0.000000141. The number of amides is 1. The fourth-order valence-corrected chi connectivity index (χ4v) is 10.1. The van der Waals surface area contributed by atoms with E-state index in [0.29, 0.717) is 53.5 Å². The maximum atomic E-state index is 12.6. The van der Waals surface area contributed by atoms with Crippen molar-refractivity contribution in [1.29, 1.82) is 0 Å². The van der Waals surface area contributed by atoms with Gasteiger partial charge < -0.3 is 49.3 Å². The van der Waals surface area contributed by atoms with Crippen molar-refractivity contribution in [3.8, 4) is 68.9 Å². The number of imidazole rings is 2. The highest BCUT2D eigenvalue weighted by atomic mass is 35.5. The fraction of sp³-hybridized carbons (Fsp3) is 0.357. The smallest absolute Gasteiger partial charge is 0.231 e. The second kappa shape index (κ2) is 21.8. The summed E-state index contributed by atoms with van der Waals surface area (Å²) in [5.74, 6) is 9.09. The van der Waals surface area contributed by atoms with E-state index in [0.717, 1.165) is 139 Å². The van der Waals surface area contributed by atoms with Crippen molar-refractivity contribution in [2.75, 3.05) is 64.6 Å². The number of fused-ring (bicyclic) bond motifs is 4. The molecule has 3 N–H and O–H groups in total. The van der Waals surface area contributed by atoms with Gasteiger partial charge in [0.2, 0.25) is 36.6 Å². The monoisotopic (exact) mass is 1060 g/mol. The van der Waals surface area contributed by atoms with Gasteiger partial charge in [-0.05, 0) is 142 Å². The van der Waals surface area contributed by atoms with E-state index in [1.807, 2.05) is 99.0 Å². The third-order valence-corrected chi connectivity index (χ3v) is 14.6. The number of carbonyl (C=O) groups is 2. The zero-order valence-corrected chi connectivity index (χ0v) is 43.4. The number of aromatic nitrogens is 8. The van der Waals surface area contributed by atoms with Crippen molar-refractivity contribution >= 4 is 56.7 Å². The minimum Gasteiger partial charge on any atom is -0.497 e. The molecule has 0 unspecified atom stereocenters. The van der Waals surface area contributed by atoms with Gasteiger partial charge in [0.15, 0.2) is 23.0 Å². The van der Waals surface area contributed by atoms with Crippen LogP contribution in [0.2, 0.25) is 0 Å². The third-order valence-electron chi connectivity index (χ3n) is 14.2. The lowest BCUT2D eigenvalue weighted by atomic mass is 10.1. The van der Waals surface area contributed by atoms with Crippen LogP contribution in [-0.4, -0.2) is 121 Å². The van der Waals surface area contributed by atoms with E-state index in [9.17, 15) is 9.59 Å². The van der Waals surface area contributed by atoms with Crippen LogP contribution in [0.4, 0.5) is 11.9 Å². The molecular formula is C56H57ClN12O8. The highest BCUT2D eigenvalue weighted by Crippen LogP contribution is 2.40. The molecule has 4 aliphatic heterocycles. The topological polar surface area (TPSA) is 216 Å². The van der Waals surface area contributed by atoms with Gasteiger partial charge in [-0.25, -0.2) is 19.9 Å². The molecule has 14 rings (SSSR count). The van der Waals surface area contributed by atoms with Crippen molar-refractivity contribution in [3.63, 3.8) is 0 Å². The molecule has 396 valence electrons. The third kappa shape index (κ3) is 10.9. The molecule has 4 aromatic carbocycles. The Morgan fingerprint density at radius 3 is 1.64 bits per heavy atom. The Morgan fingerprint density at radius 1 is 0.610 bits per heavy atom. The van der Waals surface area contributed by atoms with Crippen LogP contribution >= 0.6 is 11.6 Å². The summed E-state index contributed by atoms with van der Waals surface area (Å²) in [6.07, 6.45) is 11.8. The molecular weight excluding hydrogens is 1000 g/mol. The van der Waals surface area contributed by atoms with Gasteiger partial charge in [0.25, 0.3) is 0 Å². The average molecular weight is 1060 g/mol. The molecule has 1 amide bonds. The van der Waals surface area contributed by atoms with E-state index in [-0.39, 0.29) is 36.7 Å². The summed E-state index contributed by atoms with van der Waals surface area (Å²) in [7, 11) is 3.29. The quantitative estimate of drug-likeness (QED) is 0.0977. The van der Waals surface area contributed by atoms with E-state index in [1.165, 1.54) is 0 Å². The lowest BCUT2D eigenvalue weighted by Gasteiger charge is -2.33. The molecule has 0 spiro atoms. The lowest BCUT2D eigenvalue weighted by Crippen LogP contribution is -2.45. The van der Waals surface area contributed by atoms with Crippen molar-refractivity contribution in [3.05, 3.63) is 97.3 Å². The average Bonchev–Trinajstić information content (AvgIpc) is 4.41. The number of hydrogen-bond acceptors (Lipinski definition) is 17. The highest BCUT2D eigenvalue weighted by Gasteiger charge is 2.36. The fourth-order valence-electron chi connectivity index (χ4n) is 9.92. The molecule has 6 aliphatic rings. The molecule has 2 atom stereocenters. The zero-order chi connectivity index (χ0) is 52.4. The van der Waals surface area contributed by atoms with Gasteiger partial charge in [0.05, 0.1) is 36.3 Å². The maximum Gasteiger partial charge on any atom is 0.231 e. The Kier molecular flexibility index (Phi) is 14.0. The van der Waals surface area contributed by atoms with E-state index in [4.69, 9.17) is 60.0 Å². The minimum absolute atomic E-state index is 0.110. The number of likely N-dealkylation sites (tertiary alicyclic amines) is 1. The van der Waals surface area contributed by atoms with Gasteiger partial charge in [0, 0.05) is 79.2 Å². The van der Waals surface area contributed by atoms with E-state index in [2.05, 4.69) is 25.9 Å². The number of ether oxygens (including phenoxy) is 6. The summed E-state index contributed by atoms with van der Waals surface area (Å²) in [5.41, 5.74) is 5.19. The van der Waals surface area contributed by atoms with Crippen molar-refractivity contribution in [1.82, 2.24) is 49.3 Å². The first-order chi connectivity index (χ1) is 37.7. The van der Waals surface area contributed by atoms with E-state index < -0.39 is 0 Å². The van der Waals surface area contributed by atoms with Crippen LogP contribution < -0.4 is 44.4 Å². The van der Waals surface area contributed by atoms with Crippen molar-refractivity contribution in [2.24, 2.45) is 11.8 Å². The number of hydrogen-bond donors (Lipinski definition) is 3. The summed E-state index contributed by atoms with van der Waals surface area (Å²) >= 11 is 5.04. The number of nitrogens with zero attached hydrogens (tertiary/aromatic N) is 9. The molecule has 4 fully saturated rings. The first kappa shape index (κ1) is 49.6. The predicted octanol–water partition coefficient (Wildman–Crippen LogP) is 8.58. The standard InChI is InChI=1S/C28H28N6O4.C24H24N6O3.C4H5ClO/c1-36-20-7-8-22-21(14-20)31-26(18-6-9-23-24(13-18)38-16-37-23)34(22)25-10-11-29-28(32-25)30-19-3-2-12-33(15-19)27(35)17-4-5-17;1-31-17-5-6-19-18(12-17)28-23(15-4-7-20-21(11-15)33-14-32-20)30(19)22-8-10-26-24(29-22)27-16-3-2-9-25-13-16;5-4(6)3-1-2-3/h6-11,13-14,17,19H,2-5,12,15-16H2,1H3,(H,29,30,32);4-8,10-12,16,25H,2-3,9,13-14H2,1H3,(H,26,27,29);3H,1-2H2/t19-;16-;/m00./s1. The van der Waals surface area contributed by atoms with Gasteiger partial charge in [0.1, 0.15) is 34.8 Å². The normalized spacial score (nSPS) is 18.2. The summed E-state index contributed by atoms with van der Waals surface area (Å²) in [6, 6.07) is 27.5. The Hall–Kier alpha value is -8.23. The predicted molar refractivity (Wildman–Crippen MR) is 289 cm³/mol. The second-order valence-electron chi connectivity index (χ2n) is 19.7. The Morgan fingerprint density at radius 2 is 1.14 bits per heavy atom. The molecule has 77 heavy (non-hydrogen) atoms. The van der Waals surface area contributed by atoms with E-state index >= 15 is 0 Å². The molecule has 21 heteroatoms. The summed E-state index contributed by atoms with van der Waals surface area (Å²) in [5, 5.41) is 10.2. The van der Waals surface area contributed by atoms with Gasteiger partial charge in [-0.15, -0.1) is 0 Å². The van der Waals surface area contributed by atoms with Crippen molar-refractivity contribution < 1.29 is 38.0 Å². The number of methoxy groups -OCH3 is 2. The molecule has 8 heterocycles. The van der Waals surface area contributed by atoms with Crippen LogP contribution in [0.1, 0.15) is 51.4 Å². The molecule has 0 radical (unpaired) electrons. The zero-order valence-electron chi connectivity index (χ0n) is 42.6. The van der Waals surface area contributed by atoms with Gasteiger partial charge in [-0.2, -0.15) is 9.97 Å². The maximum absolute atomic E-state index is 12.6. The molecule has 8 aromatic rings. The number of halogens is 1. The summed E-state index contributed by atoms with van der Waals surface area (Å²) in [6.45, 7) is 3.91. The molecule has 20 nitrogen and oxygen atoms in total. The van der Waals surface area contributed by atoms with Crippen LogP contribution in [0, 0.1) is 11.8 Å². The van der Waals surface area contributed by atoms with Crippen LogP contribution in [-0.2, 0) is 9.59 Å². The number of carbonyl (C=O) groups excluding carboxylic acids is 2. The van der Waals surface area contributed by atoms with Crippen LogP contribution in [0.5, 0.6) is 34.5 Å². The second-order valence-corrected chi connectivity index (χ2v) is 20.0. The van der Waals surface area contributed by atoms with Crippen LogP contribution in [0.3, 0.4) is 0 Å². The number of piperidine rings is 2. The largest absolute Gasteiger partial charge is 0.497 e. The molecule has 2 saturated carbocycles. The summed E-state index contributed by atoms with van der Waals surface area (Å²) in [4.78, 5) is 53.2. The lowest BCUT2D eigenvalue weighted by molar-refractivity contribution is -0.133. The Labute approximate surface area is 448 Å². The highest BCUT2D eigenvalue weighted by molar-refractivity contribution is 6.64. The van der Waals surface area contributed by atoms with Gasteiger partial charge >= 0.3 is 0 Å². The van der Waals surface area contributed by atoms with E-state index in [1.54, 1.807) is 26.6 Å². The Bertz CT molecular complexity index is 3490. The number of rotatable bonds is 12. The molecule has 0 bridgehead atoms. The SMILES string of the molecule is COc1ccc2c(c1)nc(-c1ccc3c(c1)OCO3)n2-c1ccnc(N[C@H]2CCCN(C(=O)C3CC3)C2)n1.COc1ccc2c(c1)nc(-c1ccc3c(c1)OCO3)n2-c1ccnc(N[C@H]2CCCNC2)n1.O=C(Cl)C1CC1. The number of anilines is 2. The van der Waals surface area contributed by atoms with Crippen LogP contribution in [0.15, 0.2) is 97.3 Å². The number of benzene rings is 4. The van der Waals surface area contributed by atoms with Gasteiger partial charge in [-0.3, -0.25) is 18.7 Å². The van der Waals surface area contributed by atoms with Crippen LogP contribution in [0.25, 0.3) is 56.5 Å². The first-order valence-electron chi connectivity index (χ1n) is 26.1. The summed E-state index contributed by atoms with van der Waals surface area (Å²) < 4.78 is 37.1. The number of nitrogens with one attached hydrogen (secondary N) is 3. The molecule has 4 aromatic heterocycles. The molecule has 2 aliphatic carbocycles. The first-order valence-corrected chi connectivity index (χ1v) is 26.4. The van der Waals surface area contributed by atoms with Crippen molar-refractivity contribution in [2.45, 2.75) is 63.5 Å². The minimum atomic E-state index is -0.157. The van der Waals surface area contributed by atoms with Gasteiger partial charge in [-0.1, -0.05) is 0 Å². The molecule has 2 saturated heterocycles.